The van der Waals surface area contributed by atoms with Gasteiger partial charge in [0.15, 0.2) is 0 Å². The van der Waals surface area contributed by atoms with Gasteiger partial charge in [0.05, 0.1) is 0 Å². The van der Waals surface area contributed by atoms with Gasteiger partial charge in [-0.15, -0.1) is 4.72 Å². The van der Waals surface area contributed by atoms with Gasteiger partial charge in [0.25, 0.3) is 0 Å². The molecule has 1 aromatic heterocycles. The average Bonchev–Trinajstić information content (AvgIpc) is 2.72. The Bertz CT molecular complexity index is 512. The van der Waals surface area contributed by atoms with Gasteiger partial charge in [-0.1, -0.05) is 0 Å². The smallest absolute Gasteiger partial charge is 0.143 e. The predicted octanol–water partition coefficient (Wildman–Crippen LogP) is 1.69. The second-order valence-electron chi connectivity index (χ2n) is 6.74. The summed E-state index contributed by atoms with van der Waals surface area (Å²) >= 11 is -1.15. The molecule has 0 radical (unpaired) electrons. The van der Waals surface area contributed by atoms with Crippen molar-refractivity contribution in [3.8, 4) is 5.75 Å². The second kappa shape index (κ2) is 5.43. The van der Waals surface area contributed by atoms with Crippen LogP contribution in [0.5, 0.6) is 5.75 Å². The van der Waals surface area contributed by atoms with Crippen LogP contribution in [0, 0.1) is 0 Å². The van der Waals surface area contributed by atoms with Crippen molar-refractivity contribution in [1.82, 2.24) is 15.0 Å². The summed E-state index contributed by atoms with van der Waals surface area (Å²) in [5.41, 5.74) is 0.556. The van der Waals surface area contributed by atoms with Gasteiger partial charge in [-0.05, 0) is 46.0 Å². The Morgan fingerprint density at radius 3 is 2.81 bits per heavy atom. The summed E-state index contributed by atoms with van der Waals surface area (Å²) in [4.78, 5) is 4.48. The van der Waals surface area contributed by atoms with Crippen molar-refractivity contribution in [3.63, 3.8) is 0 Å². The number of nitrogens with zero attached hydrogens (tertiary/aromatic N) is 1. The van der Waals surface area contributed by atoms with Crippen molar-refractivity contribution in [1.29, 1.82) is 0 Å². The van der Waals surface area contributed by atoms with E-state index in [1.54, 1.807) is 6.20 Å². The zero-order valence-electron chi connectivity index (χ0n) is 12.8. The SMILES string of the molecule is CC(C)(C)[S@+]([O-])N[C@@H]1c2ncccc2OC12CCNCC2. The first-order valence-electron chi connectivity index (χ1n) is 7.45. The van der Waals surface area contributed by atoms with E-state index < -0.39 is 11.4 Å². The van der Waals surface area contributed by atoms with Crippen LogP contribution in [0.4, 0.5) is 0 Å². The predicted molar refractivity (Wildman–Crippen MR) is 83.5 cm³/mol. The number of aromatic nitrogens is 1. The average molecular weight is 309 g/mol. The number of hydrogen-bond donors (Lipinski definition) is 2. The summed E-state index contributed by atoms with van der Waals surface area (Å²) in [7, 11) is 0. The highest BCUT2D eigenvalue weighted by Crippen LogP contribution is 2.47. The first-order chi connectivity index (χ1) is 9.92. The zero-order chi connectivity index (χ0) is 15.1. The van der Waals surface area contributed by atoms with E-state index in [4.69, 9.17) is 4.74 Å². The highest BCUT2D eigenvalue weighted by atomic mass is 32.2. The van der Waals surface area contributed by atoms with Gasteiger partial charge >= 0.3 is 0 Å². The quantitative estimate of drug-likeness (QED) is 0.814. The molecule has 2 aliphatic heterocycles. The molecule has 6 heteroatoms. The Morgan fingerprint density at radius 1 is 1.43 bits per heavy atom. The molecule has 0 unspecified atom stereocenters. The van der Waals surface area contributed by atoms with Crippen molar-refractivity contribution >= 4 is 11.4 Å². The highest BCUT2D eigenvalue weighted by Gasteiger charge is 2.52. The van der Waals surface area contributed by atoms with E-state index in [1.165, 1.54) is 0 Å². The number of rotatable bonds is 2. The number of nitrogens with one attached hydrogen (secondary N) is 2. The van der Waals surface area contributed by atoms with Gasteiger partial charge in [-0.2, -0.15) is 0 Å². The number of hydrogen-bond acceptors (Lipinski definition) is 5. The van der Waals surface area contributed by atoms with E-state index in [2.05, 4.69) is 15.0 Å². The Hall–Kier alpha value is -0.820. The van der Waals surface area contributed by atoms with Crippen molar-refractivity contribution < 1.29 is 9.29 Å². The van der Waals surface area contributed by atoms with Gasteiger partial charge in [0, 0.05) is 30.4 Å². The third kappa shape index (κ3) is 2.77. The first-order valence-corrected chi connectivity index (χ1v) is 8.60. The minimum absolute atomic E-state index is 0.115. The van der Waals surface area contributed by atoms with E-state index in [1.807, 2.05) is 32.9 Å². The number of pyridine rings is 1. The highest BCUT2D eigenvalue weighted by molar-refractivity contribution is 7.90. The molecule has 21 heavy (non-hydrogen) atoms. The summed E-state index contributed by atoms with van der Waals surface area (Å²) < 4.78 is 21.8. The Balaban J connectivity index is 1.92. The molecule has 0 saturated carbocycles. The molecule has 0 aliphatic carbocycles. The molecule has 1 aromatic rings. The summed E-state index contributed by atoms with van der Waals surface area (Å²) in [6.07, 6.45) is 3.56. The van der Waals surface area contributed by atoms with E-state index >= 15 is 0 Å². The van der Waals surface area contributed by atoms with E-state index in [0.717, 1.165) is 37.4 Å². The molecule has 3 rings (SSSR count). The molecule has 116 valence electrons. The van der Waals surface area contributed by atoms with Crippen LogP contribution >= 0.6 is 0 Å². The van der Waals surface area contributed by atoms with Crippen LogP contribution in [0.25, 0.3) is 0 Å². The maximum atomic E-state index is 12.6. The molecule has 1 saturated heterocycles. The van der Waals surface area contributed by atoms with Crippen molar-refractivity contribution in [3.05, 3.63) is 24.0 Å². The lowest BCUT2D eigenvalue weighted by Gasteiger charge is -2.38. The summed E-state index contributed by atoms with van der Waals surface area (Å²) in [5.74, 6) is 0.822. The third-order valence-corrected chi connectivity index (χ3v) is 5.71. The second-order valence-corrected chi connectivity index (χ2v) is 8.73. The van der Waals surface area contributed by atoms with Crippen LogP contribution in [-0.2, 0) is 11.4 Å². The van der Waals surface area contributed by atoms with E-state index in [-0.39, 0.29) is 16.4 Å². The summed E-state index contributed by atoms with van der Waals surface area (Å²) in [5, 5.41) is 3.36. The molecule has 0 amide bonds. The molecule has 0 bridgehead atoms. The molecule has 2 N–H and O–H groups in total. The van der Waals surface area contributed by atoms with Crippen LogP contribution in [-0.4, -0.2) is 33.0 Å². The van der Waals surface area contributed by atoms with Gasteiger partial charge in [-0.3, -0.25) is 4.98 Å². The monoisotopic (exact) mass is 309 g/mol. The lowest BCUT2D eigenvalue weighted by Crippen LogP contribution is -2.54. The van der Waals surface area contributed by atoms with Gasteiger partial charge in [0.2, 0.25) is 0 Å². The molecular weight excluding hydrogens is 286 g/mol. The van der Waals surface area contributed by atoms with Gasteiger partial charge in [0.1, 0.15) is 27.8 Å². The Labute approximate surface area is 129 Å². The molecule has 2 aliphatic rings. The van der Waals surface area contributed by atoms with Crippen LogP contribution in [0.1, 0.15) is 45.3 Å². The lowest BCUT2D eigenvalue weighted by atomic mass is 9.85. The van der Waals surface area contributed by atoms with Crippen LogP contribution in [0.15, 0.2) is 18.3 Å². The summed E-state index contributed by atoms with van der Waals surface area (Å²) in [6, 6.07) is 3.72. The fraction of sp³-hybridized carbons (Fsp3) is 0.667. The number of ether oxygens (including phenoxy) is 1. The maximum absolute atomic E-state index is 12.6. The maximum Gasteiger partial charge on any atom is 0.143 e. The summed E-state index contributed by atoms with van der Waals surface area (Å²) in [6.45, 7) is 7.74. The largest absolute Gasteiger partial charge is 0.598 e. The first kappa shape index (κ1) is 15.1. The van der Waals surface area contributed by atoms with E-state index in [9.17, 15) is 4.55 Å². The fourth-order valence-corrected chi connectivity index (χ4v) is 3.81. The van der Waals surface area contributed by atoms with Gasteiger partial charge in [-0.25, -0.2) is 0 Å². The third-order valence-electron chi connectivity index (χ3n) is 4.14. The molecule has 1 spiro atoms. The number of piperidine rings is 1. The normalized spacial score (nSPS) is 25.4. The minimum Gasteiger partial charge on any atom is -0.598 e. The minimum atomic E-state index is -1.15. The Kier molecular flexibility index (Phi) is 3.90. The van der Waals surface area contributed by atoms with Crippen molar-refractivity contribution in [2.45, 2.75) is 50.0 Å². The van der Waals surface area contributed by atoms with Crippen LogP contribution in [0.3, 0.4) is 0 Å². The van der Waals surface area contributed by atoms with Crippen molar-refractivity contribution in [2.75, 3.05) is 13.1 Å². The standard InChI is InChI=1S/C15H23N3O2S/c1-14(2,3)21(19)18-13-12-11(5-4-8-17-12)20-15(13)6-9-16-10-7-15/h4-5,8,13,16,18H,6-7,9-10H2,1-3H3/t13-,21+/m1/s1. The van der Waals surface area contributed by atoms with Crippen LogP contribution < -0.4 is 14.8 Å². The van der Waals surface area contributed by atoms with Gasteiger partial charge < -0.3 is 14.6 Å². The molecule has 0 aromatic carbocycles. The zero-order valence-corrected chi connectivity index (χ0v) is 13.6. The molecule has 2 atom stereocenters. The molecule has 3 heterocycles. The van der Waals surface area contributed by atoms with E-state index in [0.29, 0.717) is 0 Å². The topological polar surface area (TPSA) is 69.2 Å². The molecule has 5 nitrogen and oxygen atoms in total. The molecule has 1 fully saturated rings. The van der Waals surface area contributed by atoms with Crippen LogP contribution in [0.2, 0.25) is 0 Å². The fourth-order valence-electron chi connectivity index (χ4n) is 2.92. The number of fused-ring (bicyclic) bond motifs is 1. The lowest BCUT2D eigenvalue weighted by molar-refractivity contribution is 0.0316. The molecular formula is C15H23N3O2S. The van der Waals surface area contributed by atoms with Crippen molar-refractivity contribution in [2.24, 2.45) is 0 Å². The Morgan fingerprint density at radius 2 is 2.14 bits per heavy atom.